The zero-order chi connectivity index (χ0) is 26.1. The van der Waals surface area contributed by atoms with E-state index in [1.165, 1.54) is 17.7 Å². The molecule has 0 saturated heterocycles. The van der Waals surface area contributed by atoms with Crippen molar-refractivity contribution >= 4 is 5.91 Å². The maximum Gasteiger partial charge on any atom is 0.224 e. The molecule has 3 N–H and O–H groups in total. The Balaban J connectivity index is 1.66. The highest BCUT2D eigenvalue weighted by molar-refractivity contribution is 5.79. The number of amides is 1. The molecular formula is C29H34F2N2O3. The van der Waals surface area contributed by atoms with Crippen molar-refractivity contribution in [3.8, 4) is 5.75 Å². The van der Waals surface area contributed by atoms with E-state index in [9.17, 15) is 18.7 Å². The third-order valence-corrected chi connectivity index (χ3v) is 6.02. The maximum absolute atomic E-state index is 13.8. The number of aliphatic hydroxyl groups is 1. The minimum Gasteiger partial charge on any atom is -0.497 e. The monoisotopic (exact) mass is 496 g/mol. The molecule has 0 heterocycles. The minimum absolute atomic E-state index is 0.0781. The Morgan fingerprint density at radius 1 is 0.944 bits per heavy atom. The summed E-state index contributed by atoms with van der Waals surface area (Å²) in [5.74, 6) is -0.559. The lowest BCUT2D eigenvalue weighted by Gasteiger charge is -2.25. The van der Waals surface area contributed by atoms with E-state index in [1.807, 2.05) is 48.5 Å². The van der Waals surface area contributed by atoms with E-state index >= 15 is 0 Å². The Morgan fingerprint density at radius 3 is 2.28 bits per heavy atom. The molecule has 2 atom stereocenters. The van der Waals surface area contributed by atoms with E-state index in [0.717, 1.165) is 22.9 Å². The van der Waals surface area contributed by atoms with Crippen LogP contribution in [0.5, 0.6) is 5.75 Å². The van der Waals surface area contributed by atoms with Crippen molar-refractivity contribution in [2.24, 2.45) is 0 Å². The largest absolute Gasteiger partial charge is 0.497 e. The molecule has 0 saturated carbocycles. The maximum atomic E-state index is 13.8. The molecule has 3 aromatic carbocycles. The molecule has 0 radical (unpaired) electrons. The summed E-state index contributed by atoms with van der Waals surface area (Å²) < 4.78 is 32.7. The van der Waals surface area contributed by atoms with Crippen LogP contribution in [0.25, 0.3) is 0 Å². The number of hydrogen-bond acceptors (Lipinski definition) is 4. The second-order valence-electron chi connectivity index (χ2n) is 9.28. The predicted molar refractivity (Wildman–Crippen MR) is 137 cm³/mol. The van der Waals surface area contributed by atoms with Gasteiger partial charge in [-0.1, -0.05) is 50.2 Å². The number of carbonyl (C=O) groups is 1. The third kappa shape index (κ3) is 8.43. The Kier molecular flexibility index (Phi) is 9.96. The van der Waals surface area contributed by atoms with Crippen molar-refractivity contribution in [1.82, 2.24) is 10.6 Å². The third-order valence-electron chi connectivity index (χ3n) is 6.02. The van der Waals surface area contributed by atoms with Gasteiger partial charge in [0, 0.05) is 19.2 Å². The molecule has 192 valence electrons. The summed E-state index contributed by atoms with van der Waals surface area (Å²) in [6.07, 6.45) is -0.778. The van der Waals surface area contributed by atoms with Gasteiger partial charge in [-0.25, -0.2) is 8.78 Å². The van der Waals surface area contributed by atoms with E-state index < -0.39 is 23.8 Å². The molecule has 0 aliphatic carbocycles. The Bertz CT molecular complexity index is 1120. The molecule has 3 aromatic rings. The van der Waals surface area contributed by atoms with Crippen LogP contribution in [0, 0.1) is 11.6 Å². The van der Waals surface area contributed by atoms with Gasteiger partial charge in [0.15, 0.2) is 0 Å². The fourth-order valence-electron chi connectivity index (χ4n) is 4.02. The summed E-state index contributed by atoms with van der Waals surface area (Å²) >= 11 is 0. The second kappa shape index (κ2) is 13.1. The number of aliphatic hydroxyl groups excluding tert-OH is 1. The lowest BCUT2D eigenvalue weighted by atomic mass is 9.99. The fourth-order valence-corrected chi connectivity index (χ4v) is 4.02. The van der Waals surface area contributed by atoms with Gasteiger partial charge in [0.25, 0.3) is 0 Å². The van der Waals surface area contributed by atoms with Crippen molar-refractivity contribution in [1.29, 1.82) is 0 Å². The van der Waals surface area contributed by atoms with Crippen LogP contribution in [0.4, 0.5) is 8.78 Å². The van der Waals surface area contributed by atoms with Crippen molar-refractivity contribution in [2.45, 2.75) is 51.3 Å². The summed E-state index contributed by atoms with van der Waals surface area (Å²) in [5, 5.41) is 17.0. The van der Waals surface area contributed by atoms with E-state index in [4.69, 9.17) is 4.74 Å². The number of methoxy groups -OCH3 is 1. The van der Waals surface area contributed by atoms with Gasteiger partial charge >= 0.3 is 0 Å². The number of halogens is 2. The highest BCUT2D eigenvalue weighted by Crippen LogP contribution is 2.16. The molecular weight excluding hydrogens is 462 g/mol. The first-order valence-electron chi connectivity index (χ1n) is 12.1. The zero-order valence-electron chi connectivity index (χ0n) is 20.9. The van der Waals surface area contributed by atoms with Crippen LogP contribution >= 0.6 is 0 Å². The van der Waals surface area contributed by atoms with Gasteiger partial charge in [-0.3, -0.25) is 4.79 Å². The molecule has 0 aliphatic rings. The Morgan fingerprint density at radius 2 is 1.64 bits per heavy atom. The molecule has 2 unspecified atom stereocenters. The van der Waals surface area contributed by atoms with E-state index in [-0.39, 0.29) is 25.3 Å². The molecule has 0 aliphatic heterocycles. The van der Waals surface area contributed by atoms with Gasteiger partial charge in [0.05, 0.1) is 25.7 Å². The molecule has 0 bridgehead atoms. The SMILES string of the molecule is COc1cccc(CNCC(O)C(Cc2cc(F)cc(F)c2)NC(=O)Cc2ccc(C(C)C)cc2)c1. The summed E-state index contributed by atoms with van der Waals surface area (Å²) in [4.78, 5) is 12.8. The van der Waals surface area contributed by atoms with Crippen LogP contribution in [0.15, 0.2) is 66.7 Å². The topological polar surface area (TPSA) is 70.6 Å². The molecule has 0 aromatic heterocycles. The van der Waals surface area contributed by atoms with Gasteiger partial charge in [-0.15, -0.1) is 0 Å². The molecule has 0 fully saturated rings. The van der Waals surface area contributed by atoms with Gasteiger partial charge in [-0.2, -0.15) is 0 Å². The minimum atomic E-state index is -0.991. The van der Waals surface area contributed by atoms with Crippen LogP contribution in [-0.4, -0.2) is 36.8 Å². The lowest BCUT2D eigenvalue weighted by molar-refractivity contribution is -0.122. The normalized spacial score (nSPS) is 12.9. The summed E-state index contributed by atoms with van der Waals surface area (Å²) in [7, 11) is 1.59. The van der Waals surface area contributed by atoms with E-state index in [0.29, 0.717) is 18.0 Å². The van der Waals surface area contributed by atoms with Crippen LogP contribution in [0.3, 0.4) is 0 Å². The fraction of sp³-hybridized carbons (Fsp3) is 0.345. The summed E-state index contributed by atoms with van der Waals surface area (Å²) in [6.45, 7) is 4.85. The van der Waals surface area contributed by atoms with Crippen molar-refractivity contribution in [2.75, 3.05) is 13.7 Å². The Labute approximate surface area is 211 Å². The summed E-state index contributed by atoms with van der Waals surface area (Å²) in [6, 6.07) is 17.8. The van der Waals surface area contributed by atoms with E-state index in [2.05, 4.69) is 24.5 Å². The number of benzene rings is 3. The first kappa shape index (κ1) is 27.3. The van der Waals surface area contributed by atoms with E-state index in [1.54, 1.807) is 7.11 Å². The van der Waals surface area contributed by atoms with Crippen molar-refractivity contribution < 1.29 is 23.4 Å². The van der Waals surface area contributed by atoms with Gasteiger partial charge in [0.1, 0.15) is 17.4 Å². The average molecular weight is 497 g/mol. The molecule has 7 heteroatoms. The summed E-state index contributed by atoms with van der Waals surface area (Å²) in [5.41, 5.74) is 3.35. The number of hydrogen-bond donors (Lipinski definition) is 3. The van der Waals surface area contributed by atoms with Crippen LogP contribution in [0.2, 0.25) is 0 Å². The number of rotatable bonds is 12. The standard InChI is InChI=1S/C29H34F2N2O3/c1-19(2)23-9-7-20(8-10-23)15-29(35)33-27(14-22-11-24(30)16-25(31)12-22)28(34)18-32-17-21-5-4-6-26(13-21)36-3/h4-13,16,19,27-28,32,34H,14-15,17-18H2,1-3H3,(H,33,35). The number of carbonyl (C=O) groups excluding carboxylic acids is 1. The smallest absolute Gasteiger partial charge is 0.224 e. The molecule has 36 heavy (non-hydrogen) atoms. The Hall–Kier alpha value is -3.29. The van der Waals surface area contributed by atoms with Crippen LogP contribution in [-0.2, 0) is 24.2 Å². The highest BCUT2D eigenvalue weighted by atomic mass is 19.1. The van der Waals surface area contributed by atoms with Crippen LogP contribution in [0.1, 0.15) is 42.0 Å². The average Bonchev–Trinajstić information content (AvgIpc) is 2.83. The zero-order valence-corrected chi connectivity index (χ0v) is 20.9. The van der Waals surface area contributed by atoms with Gasteiger partial charge in [0.2, 0.25) is 5.91 Å². The quantitative estimate of drug-likeness (QED) is 0.345. The molecule has 1 amide bonds. The molecule has 5 nitrogen and oxygen atoms in total. The molecule has 0 spiro atoms. The predicted octanol–water partition coefficient (Wildman–Crippen LogP) is 4.52. The van der Waals surface area contributed by atoms with Gasteiger partial charge in [-0.05, 0) is 58.9 Å². The first-order chi connectivity index (χ1) is 17.2. The van der Waals surface area contributed by atoms with Crippen molar-refractivity contribution in [3.63, 3.8) is 0 Å². The lowest BCUT2D eigenvalue weighted by Crippen LogP contribution is -2.49. The first-order valence-corrected chi connectivity index (χ1v) is 12.1. The van der Waals surface area contributed by atoms with Crippen LogP contribution < -0.4 is 15.4 Å². The van der Waals surface area contributed by atoms with Gasteiger partial charge < -0.3 is 20.5 Å². The number of ether oxygens (including phenoxy) is 1. The second-order valence-corrected chi connectivity index (χ2v) is 9.28. The molecule has 3 rings (SSSR count). The number of nitrogens with one attached hydrogen (secondary N) is 2. The van der Waals surface area contributed by atoms with Crippen molar-refractivity contribution in [3.05, 3.63) is 101 Å². The highest BCUT2D eigenvalue weighted by Gasteiger charge is 2.22.